The number of alkyl carbamates (subject to hydrolysis) is 1. The first kappa shape index (κ1) is 22.5. The van der Waals surface area contributed by atoms with E-state index in [2.05, 4.69) is 33.9 Å². The number of benzene rings is 1. The van der Waals surface area contributed by atoms with Gasteiger partial charge in [-0.25, -0.2) is 14.8 Å². The van der Waals surface area contributed by atoms with Crippen molar-refractivity contribution in [1.29, 1.82) is 0 Å². The molecule has 0 saturated heterocycles. The molecule has 1 N–H and O–H groups in total. The maximum absolute atomic E-state index is 12.2. The molecule has 0 aliphatic heterocycles. The summed E-state index contributed by atoms with van der Waals surface area (Å²) in [6.07, 6.45) is 5.01. The number of hydrogen-bond donors (Lipinski definition) is 1. The minimum absolute atomic E-state index is 0.226. The van der Waals surface area contributed by atoms with Crippen molar-refractivity contribution in [1.82, 2.24) is 19.9 Å². The monoisotopic (exact) mass is 468 g/mol. The van der Waals surface area contributed by atoms with Gasteiger partial charge in [0.15, 0.2) is 5.15 Å². The zero-order chi connectivity index (χ0) is 23.3. The number of fused-ring (bicyclic) bond motifs is 4. The molecule has 4 atom stereocenters. The van der Waals surface area contributed by atoms with Gasteiger partial charge in [0, 0.05) is 24.4 Å². The van der Waals surface area contributed by atoms with E-state index in [-0.39, 0.29) is 12.1 Å². The normalized spacial score (nSPS) is 24.6. The second-order valence-corrected chi connectivity index (χ2v) is 11.1. The Morgan fingerprint density at radius 3 is 2.76 bits per heavy atom. The number of nitrogens with one attached hydrogen (secondary N) is 1. The van der Waals surface area contributed by atoms with Crippen molar-refractivity contribution in [2.45, 2.75) is 78.0 Å². The van der Waals surface area contributed by atoms with E-state index in [1.165, 1.54) is 6.42 Å². The van der Waals surface area contributed by atoms with Crippen molar-refractivity contribution in [3.8, 4) is 0 Å². The molecule has 0 bridgehead atoms. The molecule has 2 aliphatic rings. The number of aromatic nitrogens is 3. The Hall–Kier alpha value is -2.34. The van der Waals surface area contributed by atoms with E-state index in [4.69, 9.17) is 21.3 Å². The summed E-state index contributed by atoms with van der Waals surface area (Å²) in [4.78, 5) is 21.8. The standard InChI is InChI=1S/C26H33ClN4O2/c1-5-8-21-30-22-23(17-9-6-7-10-19(17)28-24(22)27)31(21)14-15-11-16-13-20(18(16)12-15)29-25(32)33-26(2,3)4/h6-7,9-10,15-16,18,20H,5,8,11-14H2,1-4H3,(H,29,32). The molecule has 33 heavy (non-hydrogen) atoms. The van der Waals surface area contributed by atoms with Crippen LogP contribution in [0.25, 0.3) is 21.9 Å². The van der Waals surface area contributed by atoms with Crippen LogP contribution in [0.1, 0.15) is 59.2 Å². The van der Waals surface area contributed by atoms with Gasteiger partial charge in [0.25, 0.3) is 0 Å². The Kier molecular flexibility index (Phi) is 5.76. The van der Waals surface area contributed by atoms with Gasteiger partial charge in [-0.3, -0.25) is 0 Å². The molecule has 2 aliphatic carbocycles. The van der Waals surface area contributed by atoms with Crippen LogP contribution in [-0.2, 0) is 17.7 Å². The Morgan fingerprint density at radius 1 is 1.21 bits per heavy atom. The van der Waals surface area contributed by atoms with Crippen LogP contribution in [0.3, 0.4) is 0 Å². The molecular weight excluding hydrogens is 436 g/mol. The second kappa shape index (κ2) is 8.46. The predicted molar refractivity (Wildman–Crippen MR) is 132 cm³/mol. The number of rotatable bonds is 5. The Labute approximate surface area is 200 Å². The van der Waals surface area contributed by atoms with E-state index < -0.39 is 5.60 Å². The number of nitrogens with zero attached hydrogens (tertiary/aromatic N) is 3. The van der Waals surface area contributed by atoms with E-state index in [1.807, 2.05) is 32.9 Å². The zero-order valence-corrected chi connectivity index (χ0v) is 20.7. The minimum Gasteiger partial charge on any atom is -0.444 e. The third-order valence-corrected chi connectivity index (χ3v) is 7.42. The smallest absolute Gasteiger partial charge is 0.407 e. The molecule has 1 amide bonds. The molecule has 4 unspecified atom stereocenters. The van der Waals surface area contributed by atoms with Crippen LogP contribution in [0, 0.1) is 17.8 Å². The van der Waals surface area contributed by atoms with Gasteiger partial charge in [0.1, 0.15) is 16.9 Å². The molecule has 5 rings (SSSR count). The highest BCUT2D eigenvalue weighted by atomic mass is 35.5. The zero-order valence-electron chi connectivity index (χ0n) is 19.9. The average Bonchev–Trinajstić information content (AvgIpc) is 3.24. The Bertz CT molecular complexity index is 1200. The molecule has 2 fully saturated rings. The number of pyridine rings is 1. The molecule has 2 aromatic heterocycles. The number of carbonyl (C=O) groups is 1. The Morgan fingerprint density at radius 2 is 2.00 bits per heavy atom. The van der Waals surface area contributed by atoms with Crippen molar-refractivity contribution in [2.75, 3.05) is 0 Å². The van der Waals surface area contributed by atoms with Crippen molar-refractivity contribution < 1.29 is 9.53 Å². The van der Waals surface area contributed by atoms with E-state index in [9.17, 15) is 4.79 Å². The van der Waals surface area contributed by atoms with Gasteiger partial charge >= 0.3 is 6.09 Å². The van der Waals surface area contributed by atoms with E-state index >= 15 is 0 Å². The third kappa shape index (κ3) is 4.30. The van der Waals surface area contributed by atoms with Crippen LogP contribution >= 0.6 is 11.6 Å². The number of aryl methyl sites for hydroxylation is 1. The fraction of sp³-hybridized carbons (Fsp3) is 0.577. The van der Waals surface area contributed by atoms with Crippen LogP contribution in [0.4, 0.5) is 4.79 Å². The lowest BCUT2D eigenvalue weighted by atomic mass is 9.71. The first-order valence-electron chi connectivity index (χ1n) is 12.2. The topological polar surface area (TPSA) is 69.0 Å². The minimum atomic E-state index is -0.470. The van der Waals surface area contributed by atoms with E-state index in [0.717, 1.165) is 60.0 Å². The number of imidazole rings is 1. The molecule has 1 aromatic carbocycles. The molecule has 0 spiro atoms. The highest BCUT2D eigenvalue weighted by molar-refractivity contribution is 6.35. The van der Waals surface area contributed by atoms with Crippen LogP contribution in [0.15, 0.2) is 24.3 Å². The fourth-order valence-corrected chi connectivity index (χ4v) is 6.06. The van der Waals surface area contributed by atoms with Gasteiger partial charge in [-0.05, 0) is 70.3 Å². The quantitative estimate of drug-likeness (QED) is 0.457. The number of amides is 1. The van der Waals surface area contributed by atoms with Gasteiger partial charge in [-0.2, -0.15) is 0 Å². The first-order valence-corrected chi connectivity index (χ1v) is 12.5. The lowest BCUT2D eigenvalue weighted by molar-refractivity contribution is 0.0385. The lowest BCUT2D eigenvalue weighted by Crippen LogP contribution is -2.51. The molecule has 6 nitrogen and oxygen atoms in total. The predicted octanol–water partition coefficient (Wildman–Crippen LogP) is 6.13. The summed E-state index contributed by atoms with van der Waals surface area (Å²) in [5.74, 6) is 2.87. The maximum Gasteiger partial charge on any atom is 0.407 e. The summed E-state index contributed by atoms with van der Waals surface area (Å²) in [5, 5.41) is 4.70. The van der Waals surface area contributed by atoms with E-state index in [0.29, 0.717) is 22.9 Å². The molecule has 7 heteroatoms. The van der Waals surface area contributed by atoms with Crippen LogP contribution in [0.2, 0.25) is 5.15 Å². The Balaban J connectivity index is 1.38. The average molecular weight is 469 g/mol. The van der Waals surface area contributed by atoms with Gasteiger partial charge in [0.05, 0.1) is 11.0 Å². The van der Waals surface area contributed by atoms with Crippen LogP contribution < -0.4 is 5.32 Å². The largest absolute Gasteiger partial charge is 0.444 e. The van der Waals surface area contributed by atoms with Crippen LogP contribution in [0.5, 0.6) is 0 Å². The van der Waals surface area contributed by atoms with Gasteiger partial charge in [-0.1, -0.05) is 36.7 Å². The second-order valence-electron chi connectivity index (χ2n) is 10.8. The van der Waals surface area contributed by atoms with Crippen molar-refractivity contribution in [3.05, 3.63) is 35.2 Å². The van der Waals surface area contributed by atoms with Crippen molar-refractivity contribution in [3.63, 3.8) is 0 Å². The molecule has 0 radical (unpaired) electrons. The summed E-state index contributed by atoms with van der Waals surface area (Å²) in [7, 11) is 0. The van der Waals surface area contributed by atoms with Crippen LogP contribution in [-0.4, -0.2) is 32.3 Å². The molecule has 2 saturated carbocycles. The summed E-state index contributed by atoms with van der Waals surface area (Å²) >= 11 is 6.57. The number of ether oxygens (including phenoxy) is 1. The summed E-state index contributed by atoms with van der Waals surface area (Å²) in [5.41, 5.74) is 2.36. The highest BCUT2D eigenvalue weighted by Crippen LogP contribution is 2.50. The van der Waals surface area contributed by atoms with Gasteiger partial charge in [0.2, 0.25) is 0 Å². The maximum atomic E-state index is 12.2. The number of halogens is 1. The summed E-state index contributed by atoms with van der Waals surface area (Å²) < 4.78 is 7.87. The van der Waals surface area contributed by atoms with E-state index in [1.54, 1.807) is 0 Å². The highest BCUT2D eigenvalue weighted by Gasteiger charge is 2.48. The number of carbonyl (C=O) groups excluding carboxylic acids is 1. The molecule has 2 heterocycles. The third-order valence-electron chi connectivity index (χ3n) is 7.16. The van der Waals surface area contributed by atoms with Gasteiger partial charge in [-0.15, -0.1) is 0 Å². The number of para-hydroxylation sites is 1. The SMILES string of the molecule is CCCc1nc2c(Cl)nc3ccccc3c2n1CC1CC2CC(NC(=O)OC(C)(C)C)C2C1. The van der Waals surface area contributed by atoms with Crippen molar-refractivity contribution in [2.24, 2.45) is 17.8 Å². The van der Waals surface area contributed by atoms with Gasteiger partial charge < -0.3 is 14.6 Å². The van der Waals surface area contributed by atoms with Crippen molar-refractivity contribution >= 4 is 39.6 Å². The molecular formula is C26H33ClN4O2. The fourth-order valence-electron chi connectivity index (χ4n) is 5.83. The lowest BCUT2D eigenvalue weighted by Gasteiger charge is -2.40. The summed E-state index contributed by atoms with van der Waals surface area (Å²) in [6.45, 7) is 8.82. The molecule has 176 valence electrons. The molecule has 3 aromatic rings. The summed E-state index contributed by atoms with van der Waals surface area (Å²) in [6, 6.07) is 8.41. The first-order chi connectivity index (χ1) is 15.7. The number of hydrogen-bond acceptors (Lipinski definition) is 4.